The van der Waals surface area contributed by atoms with Crippen LogP contribution in [0.2, 0.25) is 5.02 Å². The molecule has 0 saturated carbocycles. The van der Waals surface area contributed by atoms with Gasteiger partial charge in [0, 0.05) is 11.4 Å². The van der Waals surface area contributed by atoms with Crippen molar-refractivity contribution >= 4 is 23.5 Å². The molecule has 5 heteroatoms. The van der Waals surface area contributed by atoms with Gasteiger partial charge in [-0.15, -0.1) is 0 Å². The lowest BCUT2D eigenvalue weighted by Crippen LogP contribution is -2.32. The fourth-order valence-corrected chi connectivity index (χ4v) is 2.13. The molecular weight excluding hydrogens is 290 g/mol. The van der Waals surface area contributed by atoms with Crippen molar-refractivity contribution < 1.29 is 14.3 Å². The summed E-state index contributed by atoms with van der Waals surface area (Å²) in [6, 6.07) is 7.31. The number of carbonyl (C=O) groups excluding carboxylic acids is 2. The fourth-order valence-electron chi connectivity index (χ4n) is 2.00. The van der Waals surface area contributed by atoms with Crippen molar-refractivity contribution in [1.29, 1.82) is 0 Å². The summed E-state index contributed by atoms with van der Waals surface area (Å²) in [5.74, 6) is -0.269. The molecule has 1 N–H and O–H groups in total. The molecule has 0 heterocycles. The predicted octanol–water partition coefficient (Wildman–Crippen LogP) is 3.50. The van der Waals surface area contributed by atoms with Crippen LogP contribution in [0, 0.1) is 5.92 Å². The van der Waals surface area contributed by atoms with E-state index in [4.69, 9.17) is 16.3 Å². The van der Waals surface area contributed by atoms with Crippen LogP contribution >= 0.6 is 11.6 Å². The number of halogens is 1. The minimum Gasteiger partial charge on any atom is -0.466 e. The van der Waals surface area contributed by atoms with Crippen molar-refractivity contribution in [3.63, 3.8) is 0 Å². The van der Waals surface area contributed by atoms with Crippen molar-refractivity contribution in [2.45, 2.75) is 39.7 Å². The van der Waals surface area contributed by atoms with E-state index in [1.54, 1.807) is 19.1 Å². The summed E-state index contributed by atoms with van der Waals surface area (Å²) < 4.78 is 4.81. The Bertz CT molecular complexity index is 471. The standard InChI is InChI=1S/C16H22ClNO3/c1-4-21-15(20)10-9-14(19)18-16(11(2)3)12-5-7-13(17)8-6-12/h5-8,11,16H,4,9-10H2,1-3H3,(H,18,19). The molecule has 1 amide bonds. The molecule has 4 nitrogen and oxygen atoms in total. The van der Waals surface area contributed by atoms with Gasteiger partial charge in [-0.3, -0.25) is 9.59 Å². The highest BCUT2D eigenvalue weighted by Crippen LogP contribution is 2.23. The third-order valence-corrected chi connectivity index (χ3v) is 3.33. The lowest BCUT2D eigenvalue weighted by molar-refractivity contribution is -0.144. The van der Waals surface area contributed by atoms with Gasteiger partial charge >= 0.3 is 5.97 Å². The summed E-state index contributed by atoms with van der Waals surface area (Å²) >= 11 is 5.88. The quantitative estimate of drug-likeness (QED) is 0.784. The second-order valence-electron chi connectivity index (χ2n) is 5.15. The van der Waals surface area contributed by atoms with Gasteiger partial charge in [-0.2, -0.15) is 0 Å². The van der Waals surface area contributed by atoms with Crippen molar-refractivity contribution in [1.82, 2.24) is 5.32 Å². The molecule has 0 aromatic heterocycles. The molecule has 0 saturated heterocycles. The number of nitrogens with one attached hydrogen (secondary N) is 1. The zero-order valence-electron chi connectivity index (χ0n) is 12.7. The van der Waals surface area contributed by atoms with Gasteiger partial charge in [-0.1, -0.05) is 37.6 Å². The summed E-state index contributed by atoms with van der Waals surface area (Å²) in [4.78, 5) is 23.2. The first-order valence-electron chi connectivity index (χ1n) is 7.14. The minimum atomic E-state index is -0.347. The van der Waals surface area contributed by atoms with Gasteiger partial charge in [0.05, 0.1) is 19.1 Å². The number of esters is 1. The highest BCUT2D eigenvalue weighted by Gasteiger charge is 2.18. The maximum atomic E-state index is 12.0. The number of ether oxygens (including phenoxy) is 1. The maximum absolute atomic E-state index is 12.0. The van der Waals surface area contributed by atoms with Gasteiger partial charge in [0.2, 0.25) is 5.91 Å². The largest absolute Gasteiger partial charge is 0.466 e. The van der Waals surface area contributed by atoms with E-state index in [9.17, 15) is 9.59 Å². The van der Waals surface area contributed by atoms with Crippen LogP contribution in [-0.4, -0.2) is 18.5 Å². The van der Waals surface area contributed by atoms with E-state index in [1.807, 2.05) is 26.0 Å². The molecule has 0 aliphatic carbocycles. The van der Waals surface area contributed by atoms with Crippen molar-refractivity contribution in [3.8, 4) is 0 Å². The van der Waals surface area contributed by atoms with Crippen LogP contribution in [-0.2, 0) is 14.3 Å². The van der Waals surface area contributed by atoms with E-state index in [2.05, 4.69) is 5.32 Å². The third-order valence-electron chi connectivity index (χ3n) is 3.07. The van der Waals surface area contributed by atoms with Crippen LogP contribution in [0.4, 0.5) is 0 Å². The van der Waals surface area contributed by atoms with Crippen LogP contribution in [0.15, 0.2) is 24.3 Å². The minimum absolute atomic E-state index is 0.100. The van der Waals surface area contributed by atoms with Gasteiger partial charge in [0.25, 0.3) is 0 Å². The van der Waals surface area contributed by atoms with E-state index < -0.39 is 0 Å². The first kappa shape index (κ1) is 17.5. The van der Waals surface area contributed by atoms with Crippen LogP contribution in [0.1, 0.15) is 45.2 Å². The van der Waals surface area contributed by atoms with Gasteiger partial charge in [0.15, 0.2) is 0 Å². The Morgan fingerprint density at radius 2 is 1.81 bits per heavy atom. The Kier molecular flexibility index (Phi) is 7.23. The number of hydrogen-bond acceptors (Lipinski definition) is 3. The molecule has 1 rings (SSSR count). The summed E-state index contributed by atoms with van der Waals surface area (Å²) in [7, 11) is 0. The van der Waals surface area contributed by atoms with E-state index >= 15 is 0 Å². The Balaban J connectivity index is 2.60. The van der Waals surface area contributed by atoms with Gasteiger partial charge in [0.1, 0.15) is 0 Å². The average molecular weight is 312 g/mol. The number of hydrogen-bond donors (Lipinski definition) is 1. The monoisotopic (exact) mass is 311 g/mol. The molecule has 0 bridgehead atoms. The van der Waals surface area contributed by atoms with E-state index in [0.29, 0.717) is 11.6 Å². The van der Waals surface area contributed by atoms with Crippen molar-refractivity contribution in [3.05, 3.63) is 34.9 Å². The normalized spacial score (nSPS) is 12.0. The molecular formula is C16H22ClNO3. The zero-order valence-corrected chi connectivity index (χ0v) is 13.4. The second kappa shape index (κ2) is 8.67. The molecule has 0 aliphatic heterocycles. The molecule has 1 atom stereocenters. The SMILES string of the molecule is CCOC(=O)CCC(=O)NC(c1ccc(Cl)cc1)C(C)C. The van der Waals surface area contributed by atoms with Gasteiger partial charge < -0.3 is 10.1 Å². The van der Waals surface area contributed by atoms with Crippen LogP contribution in [0.25, 0.3) is 0 Å². The van der Waals surface area contributed by atoms with E-state index in [0.717, 1.165) is 5.56 Å². The number of amides is 1. The summed E-state index contributed by atoms with van der Waals surface area (Å²) in [6.45, 7) is 6.14. The molecule has 1 unspecified atom stereocenters. The number of rotatable bonds is 7. The zero-order chi connectivity index (χ0) is 15.8. The molecule has 0 aliphatic rings. The first-order chi connectivity index (χ1) is 9.93. The number of carbonyl (C=O) groups is 2. The van der Waals surface area contributed by atoms with E-state index in [1.165, 1.54) is 0 Å². The Morgan fingerprint density at radius 1 is 1.19 bits per heavy atom. The molecule has 21 heavy (non-hydrogen) atoms. The van der Waals surface area contributed by atoms with Crippen molar-refractivity contribution in [2.75, 3.05) is 6.61 Å². The Morgan fingerprint density at radius 3 is 2.33 bits per heavy atom. The molecule has 1 aromatic carbocycles. The average Bonchev–Trinajstić information content (AvgIpc) is 2.44. The van der Waals surface area contributed by atoms with Crippen molar-refractivity contribution in [2.24, 2.45) is 5.92 Å². The maximum Gasteiger partial charge on any atom is 0.306 e. The predicted molar refractivity (Wildman–Crippen MR) is 83.0 cm³/mol. The van der Waals surface area contributed by atoms with E-state index in [-0.39, 0.29) is 36.7 Å². The summed E-state index contributed by atoms with van der Waals surface area (Å²) in [5, 5.41) is 3.62. The van der Waals surface area contributed by atoms with Crippen LogP contribution in [0.5, 0.6) is 0 Å². The van der Waals surface area contributed by atoms with Crippen LogP contribution < -0.4 is 5.32 Å². The van der Waals surface area contributed by atoms with Gasteiger partial charge in [-0.25, -0.2) is 0 Å². The summed E-state index contributed by atoms with van der Waals surface area (Å²) in [5.41, 5.74) is 0.999. The molecule has 0 spiro atoms. The Hall–Kier alpha value is -1.55. The lowest BCUT2D eigenvalue weighted by atomic mass is 9.96. The molecule has 0 fully saturated rings. The fraction of sp³-hybridized carbons (Fsp3) is 0.500. The summed E-state index contributed by atoms with van der Waals surface area (Å²) in [6.07, 6.45) is 0.237. The second-order valence-corrected chi connectivity index (χ2v) is 5.58. The van der Waals surface area contributed by atoms with Crippen LogP contribution in [0.3, 0.4) is 0 Å². The Labute approximate surface area is 130 Å². The highest BCUT2D eigenvalue weighted by atomic mass is 35.5. The third kappa shape index (κ3) is 6.17. The molecule has 0 radical (unpaired) electrons. The lowest BCUT2D eigenvalue weighted by Gasteiger charge is -2.23. The molecule has 1 aromatic rings. The van der Waals surface area contributed by atoms with Gasteiger partial charge in [-0.05, 0) is 30.5 Å². The molecule has 116 valence electrons. The highest BCUT2D eigenvalue weighted by molar-refractivity contribution is 6.30. The topological polar surface area (TPSA) is 55.4 Å². The first-order valence-corrected chi connectivity index (χ1v) is 7.52. The number of benzene rings is 1. The smallest absolute Gasteiger partial charge is 0.306 e.